The van der Waals surface area contributed by atoms with Crippen LogP contribution in [0.15, 0.2) is 0 Å². The molecule has 1 aliphatic heterocycles. The van der Waals surface area contributed by atoms with E-state index in [1.165, 1.54) is 0 Å². The van der Waals surface area contributed by atoms with Crippen LogP contribution in [0.25, 0.3) is 0 Å². The van der Waals surface area contributed by atoms with Gasteiger partial charge in [0.25, 0.3) is 0 Å². The lowest BCUT2D eigenvalue weighted by molar-refractivity contribution is 0.0707. The number of epoxide rings is 1. The highest BCUT2D eigenvalue weighted by Crippen LogP contribution is 2.45. The maximum Gasteiger partial charge on any atom is 0.110 e. The first-order chi connectivity index (χ1) is 5.48. The van der Waals surface area contributed by atoms with Crippen molar-refractivity contribution in [2.45, 2.75) is 51.9 Å². The summed E-state index contributed by atoms with van der Waals surface area (Å²) in [6.07, 6.45) is 2.42. The first kappa shape index (κ1) is 8.52. The van der Waals surface area contributed by atoms with Gasteiger partial charge >= 0.3 is 0 Å². The zero-order valence-electron chi connectivity index (χ0n) is 8.08. The summed E-state index contributed by atoms with van der Waals surface area (Å²) in [7, 11) is 0. The third-order valence-electron chi connectivity index (χ3n) is 3.27. The van der Waals surface area contributed by atoms with Crippen LogP contribution in [-0.4, -0.2) is 23.4 Å². The minimum Gasteiger partial charge on any atom is -0.390 e. The summed E-state index contributed by atoms with van der Waals surface area (Å²) in [5.41, 5.74) is 0.317. The van der Waals surface area contributed by atoms with Crippen molar-refractivity contribution in [3.63, 3.8) is 0 Å². The molecule has 2 heteroatoms. The van der Waals surface area contributed by atoms with Crippen LogP contribution >= 0.6 is 0 Å². The van der Waals surface area contributed by atoms with Gasteiger partial charge in [0.2, 0.25) is 0 Å². The molecule has 1 heterocycles. The van der Waals surface area contributed by atoms with E-state index in [-0.39, 0.29) is 12.2 Å². The van der Waals surface area contributed by atoms with Gasteiger partial charge in [0.05, 0.1) is 12.2 Å². The highest BCUT2D eigenvalue weighted by Gasteiger charge is 2.51. The van der Waals surface area contributed by atoms with Gasteiger partial charge in [0.15, 0.2) is 0 Å². The number of hydrogen-bond acceptors (Lipinski definition) is 2. The van der Waals surface area contributed by atoms with Crippen LogP contribution in [0, 0.1) is 11.3 Å². The topological polar surface area (TPSA) is 32.8 Å². The van der Waals surface area contributed by atoms with E-state index in [1.54, 1.807) is 0 Å². The van der Waals surface area contributed by atoms with E-state index >= 15 is 0 Å². The monoisotopic (exact) mass is 170 g/mol. The molecule has 12 heavy (non-hydrogen) atoms. The maximum atomic E-state index is 9.63. The predicted molar refractivity (Wildman–Crippen MR) is 46.8 cm³/mol. The molecule has 4 atom stereocenters. The van der Waals surface area contributed by atoms with E-state index in [0.29, 0.717) is 17.4 Å². The molecule has 1 N–H and O–H groups in total. The zero-order valence-corrected chi connectivity index (χ0v) is 8.08. The smallest absolute Gasteiger partial charge is 0.110 e. The second-order valence-corrected chi connectivity index (χ2v) is 5.24. The van der Waals surface area contributed by atoms with E-state index < -0.39 is 0 Å². The average Bonchev–Trinajstić information content (AvgIpc) is 2.63. The molecule has 1 unspecified atom stereocenters. The Morgan fingerprint density at radius 3 is 2.42 bits per heavy atom. The van der Waals surface area contributed by atoms with Gasteiger partial charge in [-0.1, -0.05) is 20.8 Å². The molecule has 0 bridgehead atoms. The summed E-state index contributed by atoms with van der Waals surface area (Å²) in [6.45, 7) is 6.73. The van der Waals surface area contributed by atoms with Crippen molar-refractivity contribution < 1.29 is 9.84 Å². The molecule has 0 spiro atoms. The molecular formula is C10H18O2. The highest BCUT2D eigenvalue weighted by molar-refractivity contribution is 4.99. The number of ether oxygens (including phenoxy) is 1. The number of aliphatic hydroxyl groups is 1. The van der Waals surface area contributed by atoms with Gasteiger partial charge in [-0.25, -0.2) is 0 Å². The number of aliphatic hydroxyl groups excluding tert-OH is 1. The van der Waals surface area contributed by atoms with Gasteiger partial charge in [-0.05, 0) is 24.2 Å². The molecule has 2 aliphatic rings. The lowest BCUT2D eigenvalue weighted by atomic mass is 9.72. The van der Waals surface area contributed by atoms with E-state index in [9.17, 15) is 5.11 Å². The molecule has 0 radical (unpaired) electrons. The van der Waals surface area contributed by atoms with Gasteiger partial charge in [-0.15, -0.1) is 0 Å². The lowest BCUT2D eigenvalue weighted by Crippen LogP contribution is -2.34. The third-order valence-corrected chi connectivity index (χ3v) is 3.27. The molecule has 2 fully saturated rings. The molecule has 0 aromatic carbocycles. The van der Waals surface area contributed by atoms with Crippen molar-refractivity contribution >= 4 is 0 Å². The Morgan fingerprint density at radius 2 is 1.92 bits per heavy atom. The molecule has 1 aliphatic carbocycles. The number of fused-ring (bicyclic) bond motifs is 1. The van der Waals surface area contributed by atoms with Gasteiger partial charge in [-0.2, -0.15) is 0 Å². The van der Waals surface area contributed by atoms with Crippen molar-refractivity contribution in [3.8, 4) is 0 Å². The standard InChI is InChI=1S/C10H18O2/c1-10(2,3)6-4-7(11)9-8(5-6)12-9/h6-9,11H,4-5H2,1-3H3/t6?,7-,8-,9+/m0/s1. The summed E-state index contributed by atoms with van der Waals surface area (Å²) in [4.78, 5) is 0. The van der Waals surface area contributed by atoms with Crippen LogP contribution < -0.4 is 0 Å². The fourth-order valence-corrected chi connectivity index (χ4v) is 2.19. The van der Waals surface area contributed by atoms with Gasteiger partial charge in [-0.3, -0.25) is 0 Å². The summed E-state index contributed by atoms with van der Waals surface area (Å²) in [5, 5.41) is 9.63. The molecule has 2 rings (SSSR count). The second-order valence-electron chi connectivity index (χ2n) is 5.24. The van der Waals surface area contributed by atoms with Crippen molar-refractivity contribution in [3.05, 3.63) is 0 Å². The maximum absolute atomic E-state index is 9.63. The average molecular weight is 170 g/mol. The Bertz CT molecular complexity index is 183. The molecular weight excluding hydrogens is 152 g/mol. The fraction of sp³-hybridized carbons (Fsp3) is 1.00. The Balaban J connectivity index is 2.01. The SMILES string of the molecule is CC(C)(C)C1C[C@@H]2O[C@@H]2[C@@H](O)C1. The summed E-state index contributed by atoms with van der Waals surface area (Å²) < 4.78 is 5.37. The first-order valence-electron chi connectivity index (χ1n) is 4.82. The molecule has 0 aromatic rings. The normalized spacial score (nSPS) is 47.0. The largest absolute Gasteiger partial charge is 0.390 e. The molecule has 1 saturated carbocycles. The van der Waals surface area contributed by atoms with Gasteiger partial charge in [0.1, 0.15) is 6.10 Å². The Hall–Kier alpha value is -0.0800. The number of rotatable bonds is 0. The molecule has 2 nitrogen and oxygen atoms in total. The van der Waals surface area contributed by atoms with Gasteiger partial charge < -0.3 is 9.84 Å². The first-order valence-corrected chi connectivity index (χ1v) is 4.82. The van der Waals surface area contributed by atoms with E-state index in [0.717, 1.165) is 12.8 Å². The summed E-state index contributed by atoms with van der Waals surface area (Å²) in [6, 6.07) is 0. The van der Waals surface area contributed by atoms with Crippen molar-refractivity contribution in [2.24, 2.45) is 11.3 Å². The molecule has 0 amide bonds. The quantitative estimate of drug-likeness (QED) is 0.560. The second kappa shape index (κ2) is 2.46. The molecule has 1 saturated heterocycles. The zero-order chi connectivity index (χ0) is 8.93. The minimum atomic E-state index is -0.201. The van der Waals surface area contributed by atoms with Crippen molar-refractivity contribution in [2.75, 3.05) is 0 Å². The van der Waals surface area contributed by atoms with Gasteiger partial charge in [0, 0.05) is 0 Å². The van der Waals surface area contributed by atoms with Crippen LogP contribution in [-0.2, 0) is 4.74 Å². The fourth-order valence-electron chi connectivity index (χ4n) is 2.19. The Kier molecular flexibility index (Phi) is 1.74. The molecule has 0 aromatic heterocycles. The Labute approximate surface area is 73.9 Å². The number of hydrogen-bond donors (Lipinski definition) is 1. The van der Waals surface area contributed by atoms with Crippen LogP contribution in [0.3, 0.4) is 0 Å². The van der Waals surface area contributed by atoms with E-state index in [1.807, 2.05) is 0 Å². The van der Waals surface area contributed by atoms with Crippen LogP contribution in [0.2, 0.25) is 0 Å². The van der Waals surface area contributed by atoms with E-state index in [4.69, 9.17) is 4.74 Å². The van der Waals surface area contributed by atoms with Crippen LogP contribution in [0.5, 0.6) is 0 Å². The van der Waals surface area contributed by atoms with Crippen LogP contribution in [0.4, 0.5) is 0 Å². The third kappa shape index (κ3) is 1.38. The van der Waals surface area contributed by atoms with Crippen molar-refractivity contribution in [1.29, 1.82) is 0 Å². The highest BCUT2D eigenvalue weighted by atomic mass is 16.6. The summed E-state index contributed by atoms with van der Waals surface area (Å²) >= 11 is 0. The summed E-state index contributed by atoms with van der Waals surface area (Å²) in [5.74, 6) is 0.622. The predicted octanol–water partition coefficient (Wildman–Crippen LogP) is 1.57. The minimum absolute atomic E-state index is 0.184. The van der Waals surface area contributed by atoms with Crippen LogP contribution in [0.1, 0.15) is 33.6 Å². The lowest BCUT2D eigenvalue weighted by Gasteiger charge is -2.34. The van der Waals surface area contributed by atoms with E-state index in [2.05, 4.69) is 20.8 Å². The Morgan fingerprint density at radius 1 is 1.25 bits per heavy atom. The van der Waals surface area contributed by atoms with Crippen molar-refractivity contribution in [1.82, 2.24) is 0 Å². The molecule has 70 valence electrons.